The van der Waals surface area contributed by atoms with Crippen LogP contribution in [0.2, 0.25) is 0 Å². The molecule has 3 heteroatoms. The first-order valence-corrected chi connectivity index (χ1v) is 3.76. The minimum Gasteiger partial charge on any atom is -0.374 e. The zero-order chi connectivity index (χ0) is 7.56. The molecule has 2 atom stereocenters. The third kappa shape index (κ3) is 1.68. The molecule has 1 aliphatic heterocycles. The Hall–Kier alpha value is -0.120. The van der Waals surface area contributed by atoms with Crippen molar-refractivity contribution in [3.63, 3.8) is 0 Å². The van der Waals surface area contributed by atoms with Crippen molar-refractivity contribution in [2.45, 2.75) is 19.1 Å². The normalized spacial score (nSPS) is 36.3. The summed E-state index contributed by atoms with van der Waals surface area (Å²) in [4.78, 5) is 2.28. The van der Waals surface area contributed by atoms with Crippen LogP contribution in [0.3, 0.4) is 0 Å². The molecule has 1 aliphatic rings. The number of rotatable bonds is 1. The maximum absolute atomic E-state index is 5.46. The van der Waals surface area contributed by atoms with E-state index in [-0.39, 0.29) is 6.10 Å². The highest BCUT2D eigenvalue weighted by atomic mass is 16.5. The van der Waals surface area contributed by atoms with Crippen LogP contribution in [0.25, 0.3) is 0 Å². The first-order chi connectivity index (χ1) is 4.74. The summed E-state index contributed by atoms with van der Waals surface area (Å²) in [6, 6.07) is 0.544. The lowest BCUT2D eigenvalue weighted by atomic mass is 10.2. The van der Waals surface area contributed by atoms with Gasteiger partial charge in [-0.15, -0.1) is 0 Å². The Labute approximate surface area is 62.1 Å². The molecule has 0 saturated carbocycles. The van der Waals surface area contributed by atoms with Crippen LogP contribution in [-0.4, -0.2) is 43.8 Å². The number of ether oxygens (including phenoxy) is 1. The molecule has 0 aliphatic carbocycles. The molecular formula is C7H16N2O. The zero-order valence-corrected chi connectivity index (χ0v) is 6.71. The second kappa shape index (κ2) is 3.32. The number of hydrogen-bond donors (Lipinski definition) is 1. The van der Waals surface area contributed by atoms with Gasteiger partial charge in [-0.2, -0.15) is 0 Å². The van der Waals surface area contributed by atoms with Gasteiger partial charge in [0.05, 0.1) is 12.7 Å². The van der Waals surface area contributed by atoms with Gasteiger partial charge in [-0.1, -0.05) is 0 Å². The van der Waals surface area contributed by atoms with Crippen molar-refractivity contribution in [3.05, 3.63) is 0 Å². The molecule has 0 radical (unpaired) electrons. The van der Waals surface area contributed by atoms with Gasteiger partial charge in [0.1, 0.15) is 0 Å². The number of likely N-dealkylation sites (N-methyl/N-ethyl adjacent to an activating group) is 1. The van der Waals surface area contributed by atoms with E-state index in [4.69, 9.17) is 10.5 Å². The van der Waals surface area contributed by atoms with Crippen molar-refractivity contribution in [2.24, 2.45) is 5.73 Å². The molecule has 1 rings (SSSR count). The maximum atomic E-state index is 5.46. The lowest BCUT2D eigenvalue weighted by Gasteiger charge is -2.34. The molecule has 0 aromatic heterocycles. The predicted octanol–water partition coefficient (Wildman–Crippen LogP) is -0.336. The summed E-state index contributed by atoms with van der Waals surface area (Å²) in [5.74, 6) is 0. The summed E-state index contributed by atoms with van der Waals surface area (Å²) in [6.07, 6.45) is 0.251. The zero-order valence-electron chi connectivity index (χ0n) is 6.71. The van der Waals surface area contributed by atoms with Gasteiger partial charge in [-0.25, -0.2) is 0 Å². The second-order valence-electron chi connectivity index (χ2n) is 2.98. The van der Waals surface area contributed by atoms with Gasteiger partial charge in [0.2, 0.25) is 0 Å². The molecule has 0 amide bonds. The Morgan fingerprint density at radius 2 is 2.40 bits per heavy atom. The molecule has 0 unspecified atom stereocenters. The van der Waals surface area contributed by atoms with Crippen molar-refractivity contribution in [1.29, 1.82) is 0 Å². The number of morpholine rings is 1. The quantitative estimate of drug-likeness (QED) is 0.547. The van der Waals surface area contributed by atoms with Crippen molar-refractivity contribution in [2.75, 3.05) is 26.7 Å². The largest absolute Gasteiger partial charge is 0.374 e. The van der Waals surface area contributed by atoms with E-state index in [1.807, 2.05) is 0 Å². The Morgan fingerprint density at radius 1 is 1.70 bits per heavy atom. The minimum absolute atomic E-state index is 0.251. The molecule has 3 nitrogen and oxygen atoms in total. The molecule has 0 aromatic rings. The SMILES string of the molecule is C[C@@H]1CO[C@@H](CN)CN1C. The van der Waals surface area contributed by atoms with E-state index in [1.54, 1.807) is 0 Å². The third-order valence-corrected chi connectivity index (χ3v) is 2.08. The van der Waals surface area contributed by atoms with Crippen molar-refractivity contribution < 1.29 is 4.74 Å². The number of nitrogens with zero attached hydrogens (tertiary/aromatic N) is 1. The average Bonchev–Trinajstić information content (AvgIpc) is 1.95. The molecule has 1 fully saturated rings. The molecule has 0 bridgehead atoms. The van der Waals surface area contributed by atoms with Gasteiger partial charge < -0.3 is 10.5 Å². The fourth-order valence-electron chi connectivity index (χ4n) is 1.10. The first-order valence-electron chi connectivity index (χ1n) is 3.76. The van der Waals surface area contributed by atoms with Gasteiger partial charge >= 0.3 is 0 Å². The fourth-order valence-corrected chi connectivity index (χ4v) is 1.10. The summed E-state index contributed by atoms with van der Waals surface area (Å²) < 4.78 is 5.44. The average molecular weight is 144 g/mol. The summed E-state index contributed by atoms with van der Waals surface area (Å²) in [6.45, 7) is 4.58. The van der Waals surface area contributed by atoms with E-state index in [0.29, 0.717) is 12.6 Å². The number of hydrogen-bond acceptors (Lipinski definition) is 3. The Morgan fingerprint density at radius 3 is 2.90 bits per heavy atom. The van der Waals surface area contributed by atoms with Crippen LogP contribution >= 0.6 is 0 Å². The van der Waals surface area contributed by atoms with E-state index in [2.05, 4.69) is 18.9 Å². The van der Waals surface area contributed by atoms with Crippen molar-refractivity contribution in [1.82, 2.24) is 4.90 Å². The van der Waals surface area contributed by atoms with Crippen LogP contribution in [0.4, 0.5) is 0 Å². The summed E-state index contributed by atoms with van der Waals surface area (Å²) in [7, 11) is 2.11. The van der Waals surface area contributed by atoms with Gasteiger partial charge in [0.25, 0.3) is 0 Å². The summed E-state index contributed by atoms with van der Waals surface area (Å²) >= 11 is 0. The summed E-state index contributed by atoms with van der Waals surface area (Å²) in [5, 5.41) is 0. The van der Waals surface area contributed by atoms with E-state index in [0.717, 1.165) is 13.2 Å². The van der Waals surface area contributed by atoms with E-state index in [1.165, 1.54) is 0 Å². The van der Waals surface area contributed by atoms with Crippen LogP contribution < -0.4 is 5.73 Å². The van der Waals surface area contributed by atoms with E-state index in [9.17, 15) is 0 Å². The summed E-state index contributed by atoms with van der Waals surface area (Å²) in [5.41, 5.74) is 5.46. The van der Waals surface area contributed by atoms with Crippen LogP contribution in [-0.2, 0) is 4.74 Å². The molecule has 2 N–H and O–H groups in total. The maximum Gasteiger partial charge on any atom is 0.0824 e. The first kappa shape index (κ1) is 7.98. The van der Waals surface area contributed by atoms with E-state index >= 15 is 0 Å². The van der Waals surface area contributed by atoms with Gasteiger partial charge in [0, 0.05) is 19.1 Å². The van der Waals surface area contributed by atoms with E-state index < -0.39 is 0 Å². The van der Waals surface area contributed by atoms with Crippen molar-refractivity contribution >= 4 is 0 Å². The lowest BCUT2D eigenvalue weighted by molar-refractivity contribution is -0.0432. The fraction of sp³-hybridized carbons (Fsp3) is 1.00. The number of nitrogens with two attached hydrogens (primary N) is 1. The lowest BCUT2D eigenvalue weighted by Crippen LogP contribution is -2.48. The smallest absolute Gasteiger partial charge is 0.0824 e. The Bertz CT molecular complexity index is 108. The van der Waals surface area contributed by atoms with Crippen LogP contribution in [0, 0.1) is 0 Å². The van der Waals surface area contributed by atoms with Crippen molar-refractivity contribution in [3.8, 4) is 0 Å². The predicted molar refractivity (Wildman–Crippen MR) is 40.9 cm³/mol. The van der Waals surface area contributed by atoms with Gasteiger partial charge in [-0.05, 0) is 14.0 Å². The Kier molecular flexibility index (Phi) is 2.65. The highest BCUT2D eigenvalue weighted by Gasteiger charge is 2.21. The highest BCUT2D eigenvalue weighted by molar-refractivity contribution is 4.74. The minimum atomic E-state index is 0.251. The molecule has 1 saturated heterocycles. The van der Waals surface area contributed by atoms with Crippen LogP contribution in [0.1, 0.15) is 6.92 Å². The molecule has 60 valence electrons. The van der Waals surface area contributed by atoms with Gasteiger partial charge in [0.15, 0.2) is 0 Å². The molecular weight excluding hydrogens is 128 g/mol. The van der Waals surface area contributed by atoms with Crippen LogP contribution in [0.5, 0.6) is 0 Å². The second-order valence-corrected chi connectivity index (χ2v) is 2.98. The molecule has 0 spiro atoms. The standard InChI is InChI=1S/C7H16N2O/c1-6-5-10-7(3-8)4-9(6)2/h6-7H,3-5,8H2,1-2H3/t6-,7+/m1/s1. The van der Waals surface area contributed by atoms with Crippen LogP contribution in [0.15, 0.2) is 0 Å². The van der Waals surface area contributed by atoms with Gasteiger partial charge in [-0.3, -0.25) is 4.90 Å². The molecule has 0 aromatic carbocycles. The Balaban J connectivity index is 2.33. The monoisotopic (exact) mass is 144 g/mol. The molecule has 1 heterocycles. The molecule has 10 heavy (non-hydrogen) atoms. The topological polar surface area (TPSA) is 38.5 Å². The highest BCUT2D eigenvalue weighted by Crippen LogP contribution is 2.07. The third-order valence-electron chi connectivity index (χ3n) is 2.08.